The molecule has 4 heterocycles. The van der Waals surface area contributed by atoms with E-state index in [1.165, 1.54) is 18.5 Å². The number of halogens is 1. The number of aromatic nitrogens is 4. The van der Waals surface area contributed by atoms with E-state index in [0.717, 1.165) is 26.2 Å². The summed E-state index contributed by atoms with van der Waals surface area (Å²) in [5, 5.41) is 0. The van der Waals surface area contributed by atoms with E-state index in [2.05, 4.69) is 19.9 Å². The molecule has 2 aliphatic heterocycles. The molecule has 2 saturated heterocycles. The summed E-state index contributed by atoms with van der Waals surface area (Å²) in [6, 6.07) is 1.41. The summed E-state index contributed by atoms with van der Waals surface area (Å²) in [5.74, 6) is 1.44. The molecule has 23 heavy (non-hydrogen) atoms. The van der Waals surface area contributed by atoms with Crippen molar-refractivity contribution < 1.29 is 4.39 Å². The van der Waals surface area contributed by atoms with Crippen LogP contribution in [0.5, 0.6) is 0 Å². The number of hydrogen-bond donors (Lipinski definition) is 2. The average Bonchev–Trinajstić information content (AvgIpc) is 3.05. The van der Waals surface area contributed by atoms with Crippen molar-refractivity contribution in [1.29, 1.82) is 0 Å². The molecule has 0 aromatic carbocycles. The maximum atomic E-state index is 12.9. The van der Waals surface area contributed by atoms with Crippen molar-refractivity contribution in [3.63, 3.8) is 0 Å². The molecule has 2 fully saturated rings. The van der Waals surface area contributed by atoms with Crippen molar-refractivity contribution in [2.45, 2.75) is 0 Å². The minimum Gasteiger partial charge on any atom is -0.357 e. The summed E-state index contributed by atoms with van der Waals surface area (Å²) < 4.78 is 12.9. The highest BCUT2D eigenvalue weighted by Gasteiger charge is 2.41. The second kappa shape index (κ2) is 5.18. The van der Waals surface area contributed by atoms with Gasteiger partial charge in [-0.3, -0.25) is 14.8 Å². The van der Waals surface area contributed by atoms with Crippen LogP contribution in [0.2, 0.25) is 0 Å². The summed E-state index contributed by atoms with van der Waals surface area (Å²) in [6.45, 7) is 3.06. The predicted molar refractivity (Wildman–Crippen MR) is 81.1 cm³/mol. The molecule has 2 unspecified atom stereocenters. The zero-order chi connectivity index (χ0) is 16.0. The first-order chi connectivity index (χ1) is 11.1. The Kier molecular flexibility index (Phi) is 3.14. The number of nitrogens with one attached hydrogen (secondary N) is 2. The number of aromatic amines is 2. The topological polar surface area (TPSA) is 98.0 Å². The highest BCUT2D eigenvalue weighted by atomic mass is 19.1. The van der Waals surface area contributed by atoms with Crippen LogP contribution in [0.25, 0.3) is 0 Å². The van der Waals surface area contributed by atoms with Gasteiger partial charge in [-0.1, -0.05) is 0 Å². The molecule has 2 aliphatic rings. The molecule has 2 N–H and O–H groups in total. The molecule has 4 rings (SSSR count). The third kappa shape index (κ3) is 2.58. The molecule has 0 aliphatic carbocycles. The minimum absolute atomic E-state index is 0.395. The second-order valence-electron chi connectivity index (χ2n) is 6.00. The Morgan fingerprint density at radius 3 is 2.22 bits per heavy atom. The maximum Gasteiger partial charge on any atom is 0.327 e. The summed E-state index contributed by atoms with van der Waals surface area (Å²) in [5.41, 5.74) is -0.895. The standard InChI is InChI=1S/C14H15FN6O2/c15-10-2-16-13(17-3-10)21-6-8-4-20(5-9(8)7-21)11-1-12(22)19-14(23)18-11/h1-3,8-9H,4-7H2,(H2,18,19,22,23). The van der Waals surface area contributed by atoms with Crippen LogP contribution in [0.1, 0.15) is 0 Å². The molecule has 9 heteroatoms. The highest BCUT2D eigenvalue weighted by molar-refractivity contribution is 5.41. The molecule has 0 saturated carbocycles. The van der Waals surface area contributed by atoms with Crippen molar-refractivity contribution in [3.8, 4) is 0 Å². The SMILES string of the molecule is O=c1cc(N2CC3CN(c4ncc(F)cn4)CC3C2)[nH]c(=O)[nH]1. The Balaban J connectivity index is 1.48. The normalized spacial score (nSPS) is 23.3. The Labute approximate surface area is 130 Å². The molecule has 2 atom stereocenters. The van der Waals surface area contributed by atoms with E-state index < -0.39 is 17.1 Å². The first-order valence-corrected chi connectivity index (χ1v) is 7.39. The summed E-state index contributed by atoms with van der Waals surface area (Å²) in [4.78, 5) is 39.8. The van der Waals surface area contributed by atoms with E-state index in [4.69, 9.17) is 0 Å². The molecular weight excluding hydrogens is 303 g/mol. The molecule has 2 aromatic heterocycles. The van der Waals surface area contributed by atoms with Gasteiger partial charge >= 0.3 is 5.69 Å². The smallest absolute Gasteiger partial charge is 0.327 e. The molecule has 0 amide bonds. The quantitative estimate of drug-likeness (QED) is 0.779. The summed E-state index contributed by atoms with van der Waals surface area (Å²) >= 11 is 0. The highest BCUT2D eigenvalue weighted by Crippen LogP contribution is 2.33. The molecule has 0 radical (unpaired) electrons. The van der Waals surface area contributed by atoms with Gasteiger partial charge in [0.25, 0.3) is 5.56 Å². The molecule has 120 valence electrons. The third-order valence-electron chi connectivity index (χ3n) is 4.46. The van der Waals surface area contributed by atoms with Crippen molar-refractivity contribution in [2.75, 3.05) is 36.0 Å². The van der Waals surface area contributed by atoms with Crippen LogP contribution in [0.4, 0.5) is 16.2 Å². The van der Waals surface area contributed by atoms with Gasteiger partial charge < -0.3 is 9.80 Å². The number of fused-ring (bicyclic) bond motifs is 1. The van der Waals surface area contributed by atoms with Crippen molar-refractivity contribution in [3.05, 3.63) is 45.1 Å². The number of rotatable bonds is 2. The Morgan fingerprint density at radius 1 is 1.00 bits per heavy atom. The van der Waals surface area contributed by atoms with Crippen LogP contribution in [-0.2, 0) is 0 Å². The van der Waals surface area contributed by atoms with Crippen LogP contribution in [0.3, 0.4) is 0 Å². The fraction of sp³-hybridized carbons (Fsp3) is 0.429. The minimum atomic E-state index is -0.495. The third-order valence-corrected chi connectivity index (χ3v) is 4.46. The number of H-pyrrole nitrogens is 2. The maximum absolute atomic E-state index is 12.9. The molecule has 8 nitrogen and oxygen atoms in total. The van der Waals surface area contributed by atoms with Gasteiger partial charge in [0.2, 0.25) is 5.95 Å². The molecule has 0 bridgehead atoms. The zero-order valence-electron chi connectivity index (χ0n) is 12.2. The van der Waals surface area contributed by atoms with Gasteiger partial charge in [-0.15, -0.1) is 0 Å². The Hall–Kier alpha value is -2.71. The lowest BCUT2D eigenvalue weighted by atomic mass is 10.0. The molecule has 2 aromatic rings. The monoisotopic (exact) mass is 318 g/mol. The lowest BCUT2D eigenvalue weighted by Gasteiger charge is -2.22. The van der Waals surface area contributed by atoms with Crippen LogP contribution in [-0.4, -0.2) is 46.1 Å². The van der Waals surface area contributed by atoms with Crippen molar-refractivity contribution in [2.24, 2.45) is 11.8 Å². The second-order valence-corrected chi connectivity index (χ2v) is 6.00. The van der Waals surface area contributed by atoms with E-state index in [1.807, 2.05) is 9.80 Å². The van der Waals surface area contributed by atoms with Crippen molar-refractivity contribution in [1.82, 2.24) is 19.9 Å². The van der Waals surface area contributed by atoms with E-state index >= 15 is 0 Å². The summed E-state index contributed by atoms with van der Waals surface area (Å²) in [6.07, 6.45) is 2.34. The fourth-order valence-electron chi connectivity index (χ4n) is 3.45. The zero-order valence-corrected chi connectivity index (χ0v) is 12.2. The van der Waals surface area contributed by atoms with E-state index in [9.17, 15) is 14.0 Å². The summed E-state index contributed by atoms with van der Waals surface area (Å²) in [7, 11) is 0. The van der Waals surface area contributed by atoms with Gasteiger partial charge in [-0.05, 0) is 0 Å². The fourth-order valence-corrected chi connectivity index (χ4v) is 3.45. The predicted octanol–water partition coefficient (Wildman–Crippen LogP) is -0.435. The van der Waals surface area contributed by atoms with Gasteiger partial charge in [0, 0.05) is 44.1 Å². The lowest BCUT2D eigenvalue weighted by molar-refractivity contribution is 0.533. The van der Waals surface area contributed by atoms with Crippen molar-refractivity contribution >= 4 is 11.8 Å². The van der Waals surface area contributed by atoms with E-state index in [1.54, 1.807) is 0 Å². The Bertz CT molecular complexity index is 790. The van der Waals surface area contributed by atoms with Gasteiger partial charge in [-0.2, -0.15) is 0 Å². The molecule has 0 spiro atoms. The van der Waals surface area contributed by atoms with E-state index in [0.29, 0.717) is 23.6 Å². The Morgan fingerprint density at radius 2 is 1.61 bits per heavy atom. The van der Waals surface area contributed by atoms with Crippen LogP contribution >= 0.6 is 0 Å². The van der Waals surface area contributed by atoms with Crippen LogP contribution in [0, 0.1) is 17.7 Å². The van der Waals surface area contributed by atoms with E-state index in [-0.39, 0.29) is 0 Å². The first kappa shape index (κ1) is 13.9. The molecular formula is C14H15FN6O2. The largest absolute Gasteiger partial charge is 0.357 e. The number of anilines is 2. The number of hydrogen-bond acceptors (Lipinski definition) is 6. The van der Waals surface area contributed by atoms with Gasteiger partial charge in [0.15, 0.2) is 5.82 Å². The average molecular weight is 318 g/mol. The van der Waals surface area contributed by atoms with Gasteiger partial charge in [0.1, 0.15) is 5.82 Å². The number of nitrogens with zero attached hydrogens (tertiary/aromatic N) is 4. The first-order valence-electron chi connectivity index (χ1n) is 7.39. The van der Waals surface area contributed by atoms with Crippen LogP contribution < -0.4 is 21.0 Å². The van der Waals surface area contributed by atoms with Gasteiger partial charge in [0.05, 0.1) is 12.4 Å². The van der Waals surface area contributed by atoms with Gasteiger partial charge in [-0.25, -0.2) is 19.2 Å². The lowest BCUT2D eigenvalue weighted by Crippen LogP contribution is -2.32. The van der Waals surface area contributed by atoms with Crippen LogP contribution in [0.15, 0.2) is 28.0 Å².